The maximum absolute atomic E-state index is 12.5. The van der Waals surface area contributed by atoms with Crippen LogP contribution in [0.25, 0.3) is 0 Å². The lowest BCUT2D eigenvalue weighted by Gasteiger charge is -2.16. The number of nitrogens with one attached hydrogen (secondary N) is 1. The summed E-state index contributed by atoms with van der Waals surface area (Å²) in [6.07, 6.45) is 1.79. The zero-order valence-corrected chi connectivity index (χ0v) is 12.2. The van der Waals surface area contributed by atoms with E-state index >= 15 is 0 Å². The lowest BCUT2D eigenvalue weighted by atomic mass is 9.93. The van der Waals surface area contributed by atoms with Crippen molar-refractivity contribution in [3.63, 3.8) is 0 Å². The second-order valence-corrected chi connectivity index (χ2v) is 5.19. The lowest BCUT2D eigenvalue weighted by Crippen LogP contribution is -2.21. The molecule has 104 valence electrons. The van der Waals surface area contributed by atoms with Crippen molar-refractivity contribution in [1.82, 2.24) is 0 Å². The number of halogens is 1. The first-order valence-corrected chi connectivity index (χ1v) is 7.20. The van der Waals surface area contributed by atoms with Gasteiger partial charge in [0.2, 0.25) is 5.91 Å². The average Bonchev–Trinajstić information content (AvgIpc) is 2.45. The fourth-order valence-corrected chi connectivity index (χ4v) is 2.41. The minimum Gasteiger partial charge on any atom is -0.326 e. The van der Waals surface area contributed by atoms with E-state index in [2.05, 4.69) is 12.2 Å². The molecule has 1 N–H and O–H groups in total. The van der Waals surface area contributed by atoms with Gasteiger partial charge in [-0.15, -0.1) is 0 Å². The Hall–Kier alpha value is -1.80. The van der Waals surface area contributed by atoms with Gasteiger partial charge in [-0.2, -0.15) is 0 Å². The first kappa shape index (κ1) is 14.6. The van der Waals surface area contributed by atoms with Gasteiger partial charge in [0.15, 0.2) is 0 Å². The molecule has 0 aliphatic heterocycles. The molecule has 0 aromatic heterocycles. The molecule has 2 aromatic carbocycles. The summed E-state index contributed by atoms with van der Waals surface area (Å²) in [5.74, 6) is -0.111. The summed E-state index contributed by atoms with van der Waals surface area (Å²) >= 11 is 5.93. The van der Waals surface area contributed by atoms with E-state index in [0.717, 1.165) is 24.1 Å². The number of carbonyl (C=O) groups excluding carboxylic acids is 1. The van der Waals surface area contributed by atoms with Gasteiger partial charge in [0.05, 0.1) is 5.92 Å². The Morgan fingerprint density at radius 2 is 1.90 bits per heavy atom. The highest BCUT2D eigenvalue weighted by Crippen LogP contribution is 2.24. The smallest absolute Gasteiger partial charge is 0.231 e. The van der Waals surface area contributed by atoms with Crippen LogP contribution < -0.4 is 5.32 Å². The highest BCUT2D eigenvalue weighted by molar-refractivity contribution is 6.30. The van der Waals surface area contributed by atoms with Crippen LogP contribution in [-0.2, 0) is 4.79 Å². The third kappa shape index (κ3) is 3.84. The van der Waals surface area contributed by atoms with Crippen LogP contribution in [0.2, 0.25) is 5.02 Å². The second-order valence-electron chi connectivity index (χ2n) is 4.75. The number of anilines is 1. The van der Waals surface area contributed by atoms with Crippen LogP contribution >= 0.6 is 11.6 Å². The molecule has 0 radical (unpaired) electrons. The minimum absolute atomic E-state index is 0.0142. The number of carbonyl (C=O) groups is 1. The highest BCUT2D eigenvalue weighted by atomic mass is 35.5. The monoisotopic (exact) mass is 287 g/mol. The molecule has 2 aromatic rings. The number of amides is 1. The Bertz CT molecular complexity index is 568. The fourth-order valence-electron chi connectivity index (χ4n) is 2.22. The third-order valence-electron chi connectivity index (χ3n) is 3.19. The van der Waals surface area contributed by atoms with E-state index in [4.69, 9.17) is 11.6 Å². The molecule has 0 heterocycles. The van der Waals surface area contributed by atoms with Gasteiger partial charge in [0.25, 0.3) is 0 Å². The molecule has 3 heteroatoms. The standard InChI is InChI=1S/C17H18ClNO/c1-2-7-16(13-8-4-3-5-9-13)17(20)19-15-11-6-10-14(18)12-15/h3-6,8-12,16H,2,7H2,1H3,(H,19,20)/t16-/m1/s1. The topological polar surface area (TPSA) is 29.1 Å². The van der Waals surface area contributed by atoms with Crippen LogP contribution in [-0.4, -0.2) is 5.91 Å². The van der Waals surface area contributed by atoms with Crippen molar-refractivity contribution < 1.29 is 4.79 Å². The summed E-state index contributed by atoms with van der Waals surface area (Å²) in [5, 5.41) is 3.56. The Labute approximate surface area is 124 Å². The van der Waals surface area contributed by atoms with Gasteiger partial charge in [-0.05, 0) is 30.2 Å². The Kier molecular flexibility index (Phi) is 5.19. The summed E-state index contributed by atoms with van der Waals surface area (Å²) in [4.78, 5) is 12.5. The molecular weight excluding hydrogens is 270 g/mol. The second kappa shape index (κ2) is 7.11. The largest absolute Gasteiger partial charge is 0.326 e. The molecule has 20 heavy (non-hydrogen) atoms. The van der Waals surface area contributed by atoms with E-state index in [9.17, 15) is 4.79 Å². The molecule has 0 fully saturated rings. The molecule has 0 unspecified atom stereocenters. The van der Waals surface area contributed by atoms with Crippen molar-refractivity contribution in [2.45, 2.75) is 25.7 Å². The van der Waals surface area contributed by atoms with Gasteiger partial charge in [0, 0.05) is 10.7 Å². The van der Waals surface area contributed by atoms with Gasteiger partial charge < -0.3 is 5.32 Å². The summed E-state index contributed by atoms with van der Waals surface area (Å²) in [7, 11) is 0. The molecule has 1 atom stereocenters. The molecule has 0 saturated carbocycles. The van der Waals surface area contributed by atoms with Crippen LogP contribution in [0.3, 0.4) is 0 Å². The van der Waals surface area contributed by atoms with E-state index < -0.39 is 0 Å². The van der Waals surface area contributed by atoms with E-state index in [0.29, 0.717) is 5.02 Å². The van der Waals surface area contributed by atoms with Gasteiger partial charge in [-0.1, -0.05) is 61.3 Å². The quantitative estimate of drug-likeness (QED) is 0.836. The Morgan fingerprint density at radius 1 is 1.15 bits per heavy atom. The average molecular weight is 288 g/mol. The molecule has 0 spiro atoms. The van der Waals surface area contributed by atoms with Gasteiger partial charge >= 0.3 is 0 Å². The van der Waals surface area contributed by atoms with E-state index in [1.165, 1.54) is 0 Å². The lowest BCUT2D eigenvalue weighted by molar-refractivity contribution is -0.117. The van der Waals surface area contributed by atoms with E-state index in [1.807, 2.05) is 42.5 Å². The zero-order chi connectivity index (χ0) is 14.4. The number of benzene rings is 2. The van der Waals surface area contributed by atoms with Gasteiger partial charge in [0.1, 0.15) is 0 Å². The summed E-state index contributed by atoms with van der Waals surface area (Å²) in [6.45, 7) is 2.09. The zero-order valence-electron chi connectivity index (χ0n) is 11.5. The van der Waals surface area contributed by atoms with Crippen molar-refractivity contribution in [1.29, 1.82) is 0 Å². The molecule has 0 bridgehead atoms. The third-order valence-corrected chi connectivity index (χ3v) is 3.42. The normalized spacial score (nSPS) is 11.9. The molecule has 0 saturated heterocycles. The predicted octanol–water partition coefficient (Wildman–Crippen LogP) is 4.86. The molecule has 0 aliphatic carbocycles. The molecule has 1 amide bonds. The van der Waals surface area contributed by atoms with Crippen molar-refractivity contribution in [3.05, 3.63) is 65.2 Å². The van der Waals surface area contributed by atoms with Crippen LogP contribution in [0.15, 0.2) is 54.6 Å². The molecular formula is C17H18ClNO. The summed E-state index contributed by atoms with van der Waals surface area (Å²) in [5.41, 5.74) is 1.79. The summed E-state index contributed by atoms with van der Waals surface area (Å²) < 4.78 is 0. The molecule has 2 rings (SSSR count). The summed E-state index contributed by atoms with van der Waals surface area (Å²) in [6, 6.07) is 17.1. The van der Waals surface area contributed by atoms with Gasteiger partial charge in [-0.3, -0.25) is 4.79 Å². The molecule has 0 aliphatic rings. The maximum atomic E-state index is 12.5. The van der Waals surface area contributed by atoms with Gasteiger partial charge in [-0.25, -0.2) is 0 Å². The highest BCUT2D eigenvalue weighted by Gasteiger charge is 2.19. The Morgan fingerprint density at radius 3 is 2.55 bits per heavy atom. The van der Waals surface area contributed by atoms with Crippen molar-refractivity contribution in [3.8, 4) is 0 Å². The fraction of sp³-hybridized carbons (Fsp3) is 0.235. The van der Waals surface area contributed by atoms with E-state index in [-0.39, 0.29) is 11.8 Å². The van der Waals surface area contributed by atoms with Crippen LogP contribution in [0.4, 0.5) is 5.69 Å². The minimum atomic E-state index is -0.125. The van der Waals surface area contributed by atoms with Crippen molar-refractivity contribution >= 4 is 23.2 Å². The van der Waals surface area contributed by atoms with Crippen molar-refractivity contribution in [2.75, 3.05) is 5.32 Å². The number of hydrogen-bond donors (Lipinski definition) is 1. The first-order chi connectivity index (χ1) is 9.70. The van der Waals surface area contributed by atoms with Crippen LogP contribution in [0.1, 0.15) is 31.2 Å². The Balaban J connectivity index is 2.15. The SMILES string of the molecule is CCC[C@@H](C(=O)Nc1cccc(Cl)c1)c1ccccc1. The number of hydrogen-bond acceptors (Lipinski definition) is 1. The number of rotatable bonds is 5. The van der Waals surface area contributed by atoms with E-state index in [1.54, 1.807) is 12.1 Å². The molecule has 2 nitrogen and oxygen atoms in total. The van der Waals surface area contributed by atoms with Crippen LogP contribution in [0.5, 0.6) is 0 Å². The van der Waals surface area contributed by atoms with Crippen LogP contribution in [0, 0.1) is 0 Å². The predicted molar refractivity (Wildman–Crippen MR) is 84.2 cm³/mol. The maximum Gasteiger partial charge on any atom is 0.231 e. The van der Waals surface area contributed by atoms with Crippen molar-refractivity contribution in [2.24, 2.45) is 0 Å². The first-order valence-electron chi connectivity index (χ1n) is 6.82.